The molecule has 0 unspecified atom stereocenters. The van der Waals surface area contributed by atoms with Crippen LogP contribution in [0.25, 0.3) is 11.4 Å². The maximum absolute atomic E-state index is 13.6. The summed E-state index contributed by atoms with van der Waals surface area (Å²) in [7, 11) is 0. The third-order valence-corrected chi connectivity index (χ3v) is 4.76. The van der Waals surface area contributed by atoms with Gasteiger partial charge in [0, 0.05) is 30.1 Å². The van der Waals surface area contributed by atoms with Gasteiger partial charge in [-0.1, -0.05) is 18.9 Å². The Morgan fingerprint density at radius 1 is 1.07 bits per heavy atom. The number of nitrogens with zero attached hydrogens (tertiary/aromatic N) is 4. The number of anilines is 3. The van der Waals surface area contributed by atoms with Gasteiger partial charge in [-0.2, -0.15) is 9.37 Å². The van der Waals surface area contributed by atoms with Crippen LogP contribution in [0, 0.1) is 15.9 Å². The molecule has 1 aliphatic rings. The monoisotopic (exact) mass is 394 g/mol. The van der Waals surface area contributed by atoms with Gasteiger partial charge in [0.15, 0.2) is 0 Å². The highest BCUT2D eigenvalue weighted by Crippen LogP contribution is 2.27. The molecule has 1 aliphatic carbocycles. The zero-order chi connectivity index (χ0) is 20.2. The molecule has 1 saturated carbocycles. The van der Waals surface area contributed by atoms with Crippen molar-refractivity contribution in [2.75, 3.05) is 10.6 Å². The van der Waals surface area contributed by atoms with Gasteiger partial charge in [0.1, 0.15) is 5.82 Å². The highest BCUT2D eigenvalue weighted by molar-refractivity contribution is 5.66. The Labute approximate surface area is 166 Å². The van der Waals surface area contributed by atoms with E-state index in [9.17, 15) is 14.5 Å². The first kappa shape index (κ1) is 18.7. The lowest BCUT2D eigenvalue weighted by molar-refractivity contribution is -0.387. The molecule has 1 fully saturated rings. The fourth-order valence-corrected chi connectivity index (χ4v) is 3.35. The van der Waals surface area contributed by atoms with Gasteiger partial charge in [0.25, 0.3) is 0 Å². The molecular formula is C20H19FN6O2. The van der Waals surface area contributed by atoms with Gasteiger partial charge in [-0.25, -0.2) is 4.98 Å². The van der Waals surface area contributed by atoms with E-state index in [4.69, 9.17) is 0 Å². The van der Waals surface area contributed by atoms with Crippen molar-refractivity contribution < 1.29 is 9.31 Å². The minimum atomic E-state index is -0.888. The minimum absolute atomic E-state index is 0.314. The van der Waals surface area contributed by atoms with Crippen LogP contribution >= 0.6 is 0 Å². The first-order chi connectivity index (χ1) is 14.1. The van der Waals surface area contributed by atoms with Crippen molar-refractivity contribution >= 4 is 23.1 Å². The Balaban J connectivity index is 1.68. The first-order valence-electron chi connectivity index (χ1n) is 9.36. The predicted octanol–water partition coefficient (Wildman–Crippen LogP) is 4.68. The number of hydrogen-bond donors (Lipinski definition) is 2. The van der Waals surface area contributed by atoms with Gasteiger partial charge >= 0.3 is 5.69 Å². The van der Waals surface area contributed by atoms with Gasteiger partial charge in [0.05, 0.1) is 16.3 Å². The molecule has 0 radical (unpaired) electrons. The average molecular weight is 394 g/mol. The Hall–Kier alpha value is -3.62. The molecule has 0 saturated heterocycles. The molecule has 29 heavy (non-hydrogen) atoms. The summed E-state index contributed by atoms with van der Waals surface area (Å²) in [4.78, 5) is 23.6. The molecule has 9 heteroatoms. The van der Waals surface area contributed by atoms with Crippen molar-refractivity contribution in [2.45, 2.75) is 31.7 Å². The maximum Gasteiger partial charge on any atom is 0.306 e. The number of nitrogens with one attached hydrogen (secondary N) is 2. The normalized spacial score (nSPS) is 14.0. The third-order valence-electron chi connectivity index (χ3n) is 4.76. The van der Waals surface area contributed by atoms with E-state index in [1.807, 2.05) is 18.2 Å². The van der Waals surface area contributed by atoms with Crippen LogP contribution in [0.3, 0.4) is 0 Å². The number of benzene rings is 1. The van der Waals surface area contributed by atoms with Gasteiger partial charge in [-0.15, -0.1) is 0 Å². The van der Waals surface area contributed by atoms with Crippen molar-refractivity contribution in [3.63, 3.8) is 0 Å². The SMILES string of the molecule is O=[N+]([O-])c1cc(Nc2cc(-c3ccccn3)nc(NC3CCCC3)n2)ccc1F. The molecular weight excluding hydrogens is 375 g/mol. The number of hydrogen-bond acceptors (Lipinski definition) is 7. The van der Waals surface area contributed by atoms with Crippen molar-refractivity contribution in [3.05, 3.63) is 64.6 Å². The molecule has 2 N–H and O–H groups in total. The number of nitro groups is 1. The Morgan fingerprint density at radius 2 is 1.90 bits per heavy atom. The molecule has 0 aliphatic heterocycles. The second kappa shape index (κ2) is 8.17. The molecule has 3 aromatic rings. The van der Waals surface area contributed by atoms with Gasteiger partial charge < -0.3 is 10.6 Å². The van der Waals surface area contributed by atoms with Crippen LogP contribution in [0.1, 0.15) is 25.7 Å². The molecule has 0 bridgehead atoms. The highest BCUT2D eigenvalue weighted by Gasteiger charge is 2.18. The molecule has 4 rings (SSSR count). The van der Waals surface area contributed by atoms with Crippen LogP contribution in [0.15, 0.2) is 48.7 Å². The second-order valence-corrected chi connectivity index (χ2v) is 6.85. The van der Waals surface area contributed by atoms with E-state index in [2.05, 4.69) is 25.6 Å². The topological polar surface area (TPSA) is 106 Å². The van der Waals surface area contributed by atoms with E-state index in [0.717, 1.165) is 25.0 Å². The first-order valence-corrected chi connectivity index (χ1v) is 9.36. The smallest absolute Gasteiger partial charge is 0.306 e. The summed E-state index contributed by atoms with van der Waals surface area (Å²) >= 11 is 0. The predicted molar refractivity (Wildman–Crippen MR) is 107 cm³/mol. The molecule has 0 amide bonds. The van der Waals surface area contributed by atoms with Crippen molar-refractivity contribution in [1.29, 1.82) is 0 Å². The minimum Gasteiger partial charge on any atom is -0.351 e. The number of nitro benzene ring substituents is 1. The van der Waals surface area contributed by atoms with Crippen LogP contribution in [0.4, 0.5) is 27.5 Å². The molecule has 0 spiro atoms. The zero-order valence-corrected chi connectivity index (χ0v) is 15.5. The third kappa shape index (κ3) is 4.45. The average Bonchev–Trinajstić information content (AvgIpc) is 3.23. The standard InChI is InChI=1S/C20H19FN6O2/c21-15-9-8-14(11-18(15)27(28)29)23-19-12-17(16-7-3-4-10-22-16)25-20(26-19)24-13-5-1-2-6-13/h3-4,7-13H,1-2,5-6H2,(H2,23,24,25,26). The molecule has 1 aromatic carbocycles. The van der Waals surface area contributed by atoms with E-state index in [-0.39, 0.29) is 0 Å². The van der Waals surface area contributed by atoms with Crippen LogP contribution in [-0.4, -0.2) is 25.9 Å². The Bertz CT molecular complexity index is 1020. The van der Waals surface area contributed by atoms with E-state index < -0.39 is 16.4 Å². The summed E-state index contributed by atoms with van der Waals surface area (Å²) < 4.78 is 13.6. The second-order valence-electron chi connectivity index (χ2n) is 6.85. The molecule has 148 valence electrons. The number of aromatic nitrogens is 3. The largest absolute Gasteiger partial charge is 0.351 e. The van der Waals surface area contributed by atoms with Crippen LogP contribution in [-0.2, 0) is 0 Å². The summed E-state index contributed by atoms with van der Waals surface area (Å²) in [5, 5.41) is 17.4. The number of rotatable bonds is 6. The lowest BCUT2D eigenvalue weighted by Crippen LogP contribution is -2.17. The van der Waals surface area contributed by atoms with Crippen molar-refractivity contribution in [3.8, 4) is 11.4 Å². The maximum atomic E-state index is 13.6. The molecule has 0 atom stereocenters. The van der Waals surface area contributed by atoms with Crippen LogP contribution in [0.2, 0.25) is 0 Å². The fourth-order valence-electron chi connectivity index (χ4n) is 3.35. The quantitative estimate of drug-likeness (QED) is 0.462. The Kier molecular flexibility index (Phi) is 5.28. The summed E-state index contributed by atoms with van der Waals surface area (Å²) in [6.45, 7) is 0. The molecule has 2 heterocycles. The lowest BCUT2D eigenvalue weighted by atomic mass is 10.2. The number of halogens is 1. The summed E-state index contributed by atoms with van der Waals surface area (Å²) in [5.41, 5.74) is 1.05. The van der Waals surface area contributed by atoms with Crippen molar-refractivity contribution in [1.82, 2.24) is 15.0 Å². The van der Waals surface area contributed by atoms with E-state index >= 15 is 0 Å². The van der Waals surface area contributed by atoms with E-state index in [0.29, 0.717) is 34.9 Å². The summed E-state index contributed by atoms with van der Waals surface area (Å²) in [5.74, 6) is 0.00206. The summed E-state index contributed by atoms with van der Waals surface area (Å²) in [6.07, 6.45) is 6.13. The van der Waals surface area contributed by atoms with Gasteiger partial charge in [-0.05, 0) is 37.1 Å². The summed E-state index contributed by atoms with van der Waals surface area (Å²) in [6, 6.07) is 11.2. The van der Waals surface area contributed by atoms with Gasteiger partial charge in [0.2, 0.25) is 11.8 Å². The van der Waals surface area contributed by atoms with E-state index in [1.165, 1.54) is 18.9 Å². The fraction of sp³-hybridized carbons (Fsp3) is 0.250. The zero-order valence-electron chi connectivity index (χ0n) is 15.5. The van der Waals surface area contributed by atoms with E-state index in [1.54, 1.807) is 12.3 Å². The van der Waals surface area contributed by atoms with Crippen molar-refractivity contribution in [2.24, 2.45) is 0 Å². The Morgan fingerprint density at radius 3 is 2.62 bits per heavy atom. The van der Waals surface area contributed by atoms with Crippen LogP contribution in [0.5, 0.6) is 0 Å². The van der Waals surface area contributed by atoms with Gasteiger partial charge in [-0.3, -0.25) is 15.1 Å². The highest BCUT2D eigenvalue weighted by atomic mass is 19.1. The lowest BCUT2D eigenvalue weighted by Gasteiger charge is -2.14. The van der Waals surface area contributed by atoms with Crippen LogP contribution < -0.4 is 10.6 Å². The molecule has 8 nitrogen and oxygen atoms in total. The number of pyridine rings is 1. The molecule has 2 aromatic heterocycles.